The molecule has 0 spiro atoms. The van der Waals surface area contributed by atoms with Crippen molar-refractivity contribution in [3.05, 3.63) is 48.5 Å². The Labute approximate surface area is 143 Å². The molecule has 1 N–H and O–H groups in total. The molecule has 0 fully saturated rings. The third-order valence-electron chi connectivity index (χ3n) is 2.58. The maximum atomic E-state index is 12.4. The lowest BCUT2D eigenvalue weighted by Crippen LogP contribution is -2.08. The molecule has 0 unspecified atom stereocenters. The van der Waals surface area contributed by atoms with E-state index >= 15 is 0 Å². The molecule has 1 aromatic heterocycles. The molecule has 0 atom stereocenters. The number of benzene rings is 1. The largest absolute Gasteiger partial charge is 0.478 e. The first-order valence-electron chi connectivity index (χ1n) is 5.39. The summed E-state index contributed by atoms with van der Waals surface area (Å²) in [4.78, 5) is 11.4. The second-order valence-corrected chi connectivity index (χ2v) is 8.65. The molecular weight excluding hydrogens is 423 g/mol. The monoisotopic (exact) mass is 428 g/mol. The normalized spacial score (nSPS) is 11.6. The second-order valence-electron chi connectivity index (χ2n) is 4.02. The van der Waals surface area contributed by atoms with Gasteiger partial charge in [0.05, 0.1) is 21.2 Å². The van der Waals surface area contributed by atoms with Crippen LogP contribution in [0.3, 0.4) is 0 Å². The Hall–Kier alpha value is -0.600. The van der Waals surface area contributed by atoms with Crippen LogP contribution in [0.1, 0.15) is 15.2 Å². The molecule has 9 heteroatoms. The number of carboxylic acid groups (broad SMARTS) is 1. The highest BCUT2D eigenvalue weighted by molar-refractivity contribution is 9.10. The highest BCUT2D eigenvalue weighted by Gasteiger charge is 2.25. The number of hydrogen-bond donors (Lipinski definition) is 1. The molecule has 4 nitrogen and oxygen atoms in total. The molecule has 1 heterocycles. The second kappa shape index (κ2) is 6.26. The minimum Gasteiger partial charge on any atom is -0.478 e. The molecule has 1 aromatic carbocycles. The molecule has 0 amide bonds. The van der Waals surface area contributed by atoms with Crippen molar-refractivity contribution in [1.82, 2.24) is 0 Å². The van der Waals surface area contributed by atoms with Gasteiger partial charge in [0.15, 0.2) is 9.84 Å². The van der Waals surface area contributed by atoms with Crippen molar-refractivity contribution < 1.29 is 18.3 Å². The summed E-state index contributed by atoms with van der Waals surface area (Å²) in [5, 5.41) is 10.5. The van der Waals surface area contributed by atoms with Crippen LogP contribution in [0.2, 0.25) is 10.0 Å². The summed E-state index contributed by atoms with van der Waals surface area (Å²) >= 11 is 16.2. The molecule has 0 saturated carbocycles. The van der Waals surface area contributed by atoms with Crippen molar-refractivity contribution in [2.45, 2.75) is 10.6 Å². The van der Waals surface area contributed by atoms with Gasteiger partial charge in [-0.15, -0.1) is 11.3 Å². The highest BCUT2D eigenvalue weighted by Crippen LogP contribution is 2.33. The Morgan fingerprint density at radius 3 is 2.52 bits per heavy atom. The van der Waals surface area contributed by atoms with Crippen molar-refractivity contribution in [2.75, 3.05) is 0 Å². The minimum absolute atomic E-state index is 0.000574. The van der Waals surface area contributed by atoms with Crippen LogP contribution in [0.15, 0.2) is 32.9 Å². The van der Waals surface area contributed by atoms with Crippen molar-refractivity contribution in [2.24, 2.45) is 0 Å². The fourth-order valence-corrected chi connectivity index (χ4v) is 6.00. The van der Waals surface area contributed by atoms with Gasteiger partial charge in [0.1, 0.15) is 0 Å². The van der Waals surface area contributed by atoms with Gasteiger partial charge in [0, 0.05) is 14.4 Å². The number of carboxylic acids is 1. The third-order valence-corrected chi connectivity index (χ3v) is 7.09. The number of thiophene rings is 1. The van der Waals surface area contributed by atoms with Crippen molar-refractivity contribution in [3.8, 4) is 0 Å². The fraction of sp³-hybridized carbons (Fsp3) is 0.0833. The summed E-state index contributed by atoms with van der Waals surface area (Å²) in [5.74, 6) is -1.62. The van der Waals surface area contributed by atoms with Crippen molar-refractivity contribution in [3.63, 3.8) is 0 Å². The molecule has 2 rings (SSSR count). The third kappa shape index (κ3) is 3.60. The van der Waals surface area contributed by atoms with Gasteiger partial charge in [-0.2, -0.15) is 0 Å². The predicted octanol–water partition coefficient (Wildman–Crippen LogP) is 4.49. The molecule has 0 radical (unpaired) electrons. The van der Waals surface area contributed by atoms with Crippen LogP contribution in [-0.4, -0.2) is 19.5 Å². The lowest BCUT2D eigenvalue weighted by Gasteiger charge is -2.09. The lowest BCUT2D eigenvalue weighted by atomic mass is 10.2. The molecule has 112 valence electrons. The first-order chi connectivity index (χ1) is 9.72. The molecule has 0 saturated heterocycles. The van der Waals surface area contributed by atoms with Crippen LogP contribution in [-0.2, 0) is 15.6 Å². The minimum atomic E-state index is -3.81. The smallest absolute Gasteiger partial charge is 0.337 e. The zero-order chi connectivity index (χ0) is 15.8. The summed E-state index contributed by atoms with van der Waals surface area (Å²) in [6.07, 6.45) is 0. The number of carbonyl (C=O) groups is 1. The summed E-state index contributed by atoms with van der Waals surface area (Å²) in [5.41, 5.74) is -0.340. The number of rotatable bonds is 4. The lowest BCUT2D eigenvalue weighted by molar-refractivity contribution is 0.0697. The van der Waals surface area contributed by atoms with Gasteiger partial charge in [-0.3, -0.25) is 0 Å². The quantitative estimate of drug-likeness (QED) is 0.776. The molecule has 0 aliphatic rings. The van der Waals surface area contributed by atoms with E-state index in [-0.39, 0.29) is 26.3 Å². The summed E-state index contributed by atoms with van der Waals surface area (Å²) in [6, 6.07) is 4.01. The molecule has 0 aliphatic carbocycles. The van der Waals surface area contributed by atoms with E-state index in [1.165, 1.54) is 11.3 Å². The maximum Gasteiger partial charge on any atom is 0.337 e. The van der Waals surface area contributed by atoms with Crippen LogP contribution in [0.25, 0.3) is 0 Å². The Morgan fingerprint density at radius 2 is 2.00 bits per heavy atom. The Morgan fingerprint density at radius 1 is 1.33 bits per heavy atom. The Balaban J connectivity index is 2.55. The number of sulfone groups is 1. The van der Waals surface area contributed by atoms with E-state index in [2.05, 4.69) is 15.9 Å². The fourth-order valence-electron chi connectivity index (χ4n) is 1.62. The van der Waals surface area contributed by atoms with E-state index in [4.69, 9.17) is 28.3 Å². The predicted molar refractivity (Wildman–Crippen MR) is 86.3 cm³/mol. The zero-order valence-corrected chi connectivity index (χ0v) is 14.9. The SMILES string of the molecule is O=C(O)c1cc(Cl)cc(S(=O)(=O)Cc2sccc2Br)c1Cl. The molecule has 0 aliphatic heterocycles. The van der Waals surface area contributed by atoms with Crippen LogP contribution >= 0.6 is 50.5 Å². The van der Waals surface area contributed by atoms with Gasteiger partial charge in [-0.1, -0.05) is 23.2 Å². The molecular formula is C12H7BrCl2O4S2. The van der Waals surface area contributed by atoms with Crippen LogP contribution in [0, 0.1) is 0 Å². The average molecular weight is 430 g/mol. The summed E-state index contributed by atoms with van der Waals surface area (Å²) in [7, 11) is -3.81. The first kappa shape index (κ1) is 16.8. The van der Waals surface area contributed by atoms with Gasteiger partial charge < -0.3 is 5.11 Å². The Bertz CT molecular complexity index is 815. The molecule has 21 heavy (non-hydrogen) atoms. The van der Waals surface area contributed by atoms with E-state index in [1.54, 1.807) is 11.4 Å². The van der Waals surface area contributed by atoms with Crippen LogP contribution in [0.4, 0.5) is 0 Å². The van der Waals surface area contributed by atoms with Gasteiger partial charge in [0.2, 0.25) is 0 Å². The number of aromatic carboxylic acids is 1. The first-order valence-corrected chi connectivity index (χ1v) is 9.47. The van der Waals surface area contributed by atoms with Crippen LogP contribution in [0.5, 0.6) is 0 Å². The van der Waals surface area contributed by atoms with E-state index in [0.717, 1.165) is 12.1 Å². The van der Waals surface area contributed by atoms with Gasteiger partial charge in [0.25, 0.3) is 0 Å². The van der Waals surface area contributed by atoms with E-state index in [9.17, 15) is 13.2 Å². The summed E-state index contributed by atoms with van der Waals surface area (Å²) < 4.78 is 25.6. The van der Waals surface area contributed by atoms with Gasteiger partial charge in [-0.25, -0.2) is 13.2 Å². The van der Waals surface area contributed by atoms with E-state index in [1.807, 2.05) is 0 Å². The Kier molecular flexibility index (Phi) is 4.99. The standard InChI is InChI=1S/C12H7BrCl2O4S2/c13-8-1-2-20-9(8)5-21(18,19)10-4-6(14)3-7(11(10)15)12(16)17/h1-4H,5H2,(H,16,17). The molecule has 2 aromatic rings. The van der Waals surface area contributed by atoms with Gasteiger partial charge in [-0.05, 0) is 39.5 Å². The van der Waals surface area contributed by atoms with Crippen molar-refractivity contribution >= 4 is 66.3 Å². The highest BCUT2D eigenvalue weighted by atomic mass is 79.9. The number of halogens is 3. The zero-order valence-electron chi connectivity index (χ0n) is 10.1. The summed E-state index contributed by atoms with van der Waals surface area (Å²) in [6.45, 7) is 0. The average Bonchev–Trinajstić information content (AvgIpc) is 2.76. The van der Waals surface area contributed by atoms with E-state index < -0.39 is 15.8 Å². The molecule has 0 bridgehead atoms. The van der Waals surface area contributed by atoms with Crippen LogP contribution < -0.4 is 0 Å². The van der Waals surface area contributed by atoms with E-state index in [0.29, 0.717) is 9.35 Å². The van der Waals surface area contributed by atoms with Crippen molar-refractivity contribution in [1.29, 1.82) is 0 Å². The number of hydrogen-bond acceptors (Lipinski definition) is 4. The van der Waals surface area contributed by atoms with Gasteiger partial charge >= 0.3 is 5.97 Å². The maximum absolute atomic E-state index is 12.4. The topological polar surface area (TPSA) is 71.4 Å².